The summed E-state index contributed by atoms with van der Waals surface area (Å²) in [6, 6.07) is 0. The Morgan fingerprint density at radius 3 is 2.21 bits per heavy atom. The molecule has 0 spiro atoms. The van der Waals surface area contributed by atoms with Crippen molar-refractivity contribution in [2.45, 2.75) is 39.0 Å². The summed E-state index contributed by atoms with van der Waals surface area (Å²) in [5.74, 6) is 0. The summed E-state index contributed by atoms with van der Waals surface area (Å²) in [5.41, 5.74) is 0. The third-order valence-electron chi connectivity index (χ3n) is 2.08. The van der Waals surface area contributed by atoms with E-state index >= 15 is 0 Å². The van der Waals surface area contributed by atoms with Gasteiger partial charge in [-0.05, 0) is 60.6 Å². The lowest BCUT2D eigenvalue weighted by Gasteiger charge is -1.98. The van der Waals surface area contributed by atoms with Gasteiger partial charge in [0, 0.05) is 9.35 Å². The summed E-state index contributed by atoms with van der Waals surface area (Å²) >= 11 is 12.5. The summed E-state index contributed by atoms with van der Waals surface area (Å²) < 4.78 is 3.58. The van der Waals surface area contributed by atoms with E-state index in [1.807, 2.05) is 11.3 Å². The average molecular weight is 405 g/mol. The SMILES string of the molecule is CCCCCCc1sc(Br)c(Br)c1Br. The predicted molar refractivity (Wildman–Crippen MR) is 75.3 cm³/mol. The molecule has 1 aromatic heterocycles. The summed E-state index contributed by atoms with van der Waals surface area (Å²) in [6.45, 7) is 2.24. The van der Waals surface area contributed by atoms with Crippen molar-refractivity contribution in [2.75, 3.05) is 0 Å². The number of hydrogen-bond donors (Lipinski definition) is 0. The monoisotopic (exact) mass is 402 g/mol. The fourth-order valence-corrected chi connectivity index (χ4v) is 4.56. The first-order valence-electron chi connectivity index (χ1n) is 4.79. The number of halogens is 3. The highest BCUT2D eigenvalue weighted by Crippen LogP contribution is 2.41. The molecule has 0 saturated heterocycles. The highest BCUT2D eigenvalue weighted by Gasteiger charge is 2.11. The molecule has 0 aromatic carbocycles. The molecule has 0 radical (unpaired) electrons. The van der Waals surface area contributed by atoms with Gasteiger partial charge < -0.3 is 0 Å². The first-order valence-corrected chi connectivity index (χ1v) is 7.98. The Morgan fingerprint density at radius 2 is 1.71 bits per heavy atom. The largest absolute Gasteiger partial charge is 0.131 e. The van der Waals surface area contributed by atoms with Crippen molar-refractivity contribution < 1.29 is 0 Å². The molecule has 1 aromatic rings. The third-order valence-corrected chi connectivity index (χ3v) is 7.26. The molecule has 0 nitrogen and oxygen atoms in total. The van der Waals surface area contributed by atoms with Crippen LogP contribution in [0.3, 0.4) is 0 Å². The van der Waals surface area contributed by atoms with Crippen LogP contribution in [0.5, 0.6) is 0 Å². The molecule has 0 unspecified atom stereocenters. The predicted octanol–water partition coefficient (Wildman–Crippen LogP) is 6.16. The van der Waals surface area contributed by atoms with Crippen LogP contribution in [0, 0.1) is 0 Å². The molecule has 0 fully saturated rings. The van der Waals surface area contributed by atoms with Crippen molar-refractivity contribution >= 4 is 59.1 Å². The lowest BCUT2D eigenvalue weighted by Crippen LogP contribution is -1.82. The lowest BCUT2D eigenvalue weighted by atomic mass is 10.1. The number of thiophene rings is 1. The van der Waals surface area contributed by atoms with Crippen molar-refractivity contribution in [3.63, 3.8) is 0 Å². The molecule has 0 aliphatic heterocycles. The maximum Gasteiger partial charge on any atom is 0.0855 e. The molecule has 4 heteroatoms. The second-order valence-corrected chi connectivity index (χ2v) is 7.25. The molecule has 80 valence electrons. The van der Waals surface area contributed by atoms with Gasteiger partial charge in [-0.3, -0.25) is 0 Å². The van der Waals surface area contributed by atoms with Crippen LogP contribution in [0.1, 0.15) is 37.5 Å². The maximum absolute atomic E-state index is 3.60. The average Bonchev–Trinajstić information content (AvgIpc) is 2.41. The Kier molecular flexibility index (Phi) is 6.29. The van der Waals surface area contributed by atoms with Gasteiger partial charge in [-0.25, -0.2) is 0 Å². The molecule has 1 heterocycles. The first-order chi connectivity index (χ1) is 6.66. The van der Waals surface area contributed by atoms with Crippen LogP contribution in [0.15, 0.2) is 12.7 Å². The van der Waals surface area contributed by atoms with Gasteiger partial charge >= 0.3 is 0 Å². The van der Waals surface area contributed by atoms with Crippen LogP contribution in [0.25, 0.3) is 0 Å². The Hall–Kier alpha value is 1.14. The van der Waals surface area contributed by atoms with Crippen LogP contribution in [0.2, 0.25) is 0 Å². The summed E-state index contributed by atoms with van der Waals surface area (Å²) in [4.78, 5) is 1.44. The second-order valence-electron chi connectivity index (χ2n) is 3.24. The van der Waals surface area contributed by atoms with E-state index in [1.54, 1.807) is 0 Å². The van der Waals surface area contributed by atoms with E-state index in [-0.39, 0.29) is 0 Å². The van der Waals surface area contributed by atoms with Crippen molar-refractivity contribution in [1.29, 1.82) is 0 Å². The molecule has 0 amide bonds. The minimum atomic E-state index is 1.16. The molecular weight excluding hydrogens is 392 g/mol. The highest BCUT2D eigenvalue weighted by molar-refractivity contribution is 9.14. The summed E-state index contributed by atoms with van der Waals surface area (Å²) in [7, 11) is 0. The Morgan fingerprint density at radius 1 is 1.00 bits per heavy atom. The normalized spacial score (nSPS) is 10.9. The highest BCUT2D eigenvalue weighted by atomic mass is 79.9. The second kappa shape index (κ2) is 6.66. The Balaban J connectivity index is 2.47. The van der Waals surface area contributed by atoms with Crippen LogP contribution in [0.4, 0.5) is 0 Å². The Bertz CT molecular complexity index is 294. The standard InChI is InChI=1S/C10H13Br3S/c1-2-3-4-5-6-7-8(11)9(12)10(13)14-7/h2-6H2,1H3. The quantitative estimate of drug-likeness (QED) is 0.515. The molecule has 0 saturated carbocycles. The van der Waals surface area contributed by atoms with E-state index in [1.165, 1.54) is 45.2 Å². The fourth-order valence-electron chi connectivity index (χ4n) is 1.28. The fraction of sp³-hybridized carbons (Fsp3) is 0.600. The van der Waals surface area contributed by atoms with Crippen LogP contribution in [-0.4, -0.2) is 0 Å². The molecule has 1 rings (SSSR count). The van der Waals surface area contributed by atoms with Crippen molar-refractivity contribution in [3.05, 3.63) is 17.6 Å². The topological polar surface area (TPSA) is 0 Å². The van der Waals surface area contributed by atoms with E-state index in [9.17, 15) is 0 Å². The molecule has 0 aliphatic rings. The molecule has 0 aliphatic carbocycles. The first kappa shape index (κ1) is 13.2. The van der Waals surface area contributed by atoms with E-state index in [0.29, 0.717) is 0 Å². The van der Waals surface area contributed by atoms with Gasteiger partial charge in [0.05, 0.1) is 8.26 Å². The van der Waals surface area contributed by atoms with Gasteiger partial charge in [0.1, 0.15) is 0 Å². The van der Waals surface area contributed by atoms with Crippen molar-refractivity contribution in [1.82, 2.24) is 0 Å². The van der Waals surface area contributed by atoms with Gasteiger partial charge in [0.2, 0.25) is 0 Å². The van der Waals surface area contributed by atoms with E-state index in [2.05, 4.69) is 54.7 Å². The van der Waals surface area contributed by atoms with Gasteiger partial charge in [-0.2, -0.15) is 0 Å². The molecule has 0 N–H and O–H groups in total. The van der Waals surface area contributed by atoms with Gasteiger partial charge in [0.25, 0.3) is 0 Å². The zero-order valence-electron chi connectivity index (χ0n) is 8.08. The van der Waals surface area contributed by atoms with Crippen molar-refractivity contribution in [3.8, 4) is 0 Å². The number of rotatable bonds is 5. The van der Waals surface area contributed by atoms with Crippen LogP contribution < -0.4 is 0 Å². The summed E-state index contributed by atoms with van der Waals surface area (Å²) in [5, 5.41) is 0. The molecule has 0 atom stereocenters. The summed E-state index contributed by atoms with van der Waals surface area (Å²) in [6.07, 6.45) is 6.49. The van der Waals surface area contributed by atoms with E-state index < -0.39 is 0 Å². The third kappa shape index (κ3) is 3.62. The molecule has 14 heavy (non-hydrogen) atoms. The Labute approximate surface area is 115 Å². The van der Waals surface area contributed by atoms with Gasteiger partial charge in [0.15, 0.2) is 0 Å². The lowest BCUT2D eigenvalue weighted by molar-refractivity contribution is 0.669. The van der Waals surface area contributed by atoms with E-state index in [0.717, 1.165) is 4.47 Å². The van der Waals surface area contributed by atoms with Gasteiger partial charge in [-0.1, -0.05) is 26.2 Å². The van der Waals surface area contributed by atoms with Crippen LogP contribution in [-0.2, 0) is 6.42 Å². The number of unbranched alkanes of at least 4 members (excludes halogenated alkanes) is 3. The van der Waals surface area contributed by atoms with Crippen molar-refractivity contribution in [2.24, 2.45) is 0 Å². The number of hydrogen-bond acceptors (Lipinski definition) is 1. The zero-order valence-corrected chi connectivity index (χ0v) is 13.7. The molecular formula is C10H13Br3S. The molecule has 0 bridgehead atoms. The minimum Gasteiger partial charge on any atom is -0.131 e. The number of aryl methyl sites for hydroxylation is 1. The smallest absolute Gasteiger partial charge is 0.0855 e. The van der Waals surface area contributed by atoms with Gasteiger partial charge in [-0.15, -0.1) is 11.3 Å². The van der Waals surface area contributed by atoms with Crippen LogP contribution >= 0.6 is 59.1 Å². The maximum atomic E-state index is 3.60. The minimum absolute atomic E-state index is 1.16. The van der Waals surface area contributed by atoms with E-state index in [4.69, 9.17) is 0 Å². The zero-order chi connectivity index (χ0) is 10.6.